The Morgan fingerprint density at radius 1 is 1.18 bits per heavy atom. The van der Waals surface area contributed by atoms with Gasteiger partial charge < -0.3 is 10.1 Å². The molecule has 22 heavy (non-hydrogen) atoms. The molecule has 0 spiro atoms. The molecule has 0 unspecified atom stereocenters. The molecule has 0 aliphatic rings. The Balaban J connectivity index is 2.15. The van der Waals surface area contributed by atoms with Gasteiger partial charge in [0.05, 0.1) is 13.2 Å². The number of hydrogen-bond acceptors (Lipinski definition) is 2. The molecular formula is C18H20FNO2. The molecule has 1 N–H and O–H groups in total. The van der Waals surface area contributed by atoms with Crippen LogP contribution in [0.2, 0.25) is 0 Å². The number of benzene rings is 2. The van der Waals surface area contributed by atoms with Crippen molar-refractivity contribution in [1.29, 1.82) is 0 Å². The van der Waals surface area contributed by atoms with Crippen LogP contribution in [0.1, 0.15) is 40.0 Å². The lowest BCUT2D eigenvalue weighted by Gasteiger charge is -2.17. The van der Waals surface area contributed by atoms with E-state index in [1.807, 2.05) is 32.9 Å². The van der Waals surface area contributed by atoms with Gasteiger partial charge in [-0.25, -0.2) is 4.39 Å². The van der Waals surface area contributed by atoms with Crippen LogP contribution in [-0.2, 0) is 0 Å². The normalized spacial score (nSPS) is 11.9. The first-order chi connectivity index (χ1) is 10.4. The topological polar surface area (TPSA) is 38.3 Å². The summed E-state index contributed by atoms with van der Waals surface area (Å²) in [5, 5.41) is 2.89. The summed E-state index contributed by atoms with van der Waals surface area (Å²) >= 11 is 0. The number of hydrogen-bond donors (Lipinski definition) is 1. The highest BCUT2D eigenvalue weighted by Crippen LogP contribution is 2.21. The first-order valence-corrected chi connectivity index (χ1v) is 7.14. The molecule has 2 aromatic rings. The number of nitrogens with one attached hydrogen (secondary N) is 1. The summed E-state index contributed by atoms with van der Waals surface area (Å²) in [6.07, 6.45) is 0. The molecule has 0 heterocycles. The van der Waals surface area contributed by atoms with Crippen molar-refractivity contribution in [2.45, 2.75) is 26.8 Å². The summed E-state index contributed by atoms with van der Waals surface area (Å²) in [5.41, 5.74) is 3.62. The molecule has 0 aliphatic heterocycles. The molecule has 0 bridgehead atoms. The van der Waals surface area contributed by atoms with E-state index in [1.54, 1.807) is 6.07 Å². The van der Waals surface area contributed by atoms with Crippen molar-refractivity contribution >= 4 is 5.91 Å². The average molecular weight is 301 g/mol. The third kappa shape index (κ3) is 3.45. The Bertz CT molecular complexity index is 697. The standard InChI is InChI=1S/C18H20FNO2/c1-11-5-7-15(12(2)9-11)13(3)20-18(21)14-6-8-17(22-4)16(19)10-14/h5-10,13H,1-4H3,(H,20,21)/t13-/m1/s1. The molecule has 0 aliphatic carbocycles. The second kappa shape index (κ2) is 6.60. The molecule has 0 saturated heterocycles. The second-order valence-corrected chi connectivity index (χ2v) is 5.40. The van der Waals surface area contributed by atoms with Crippen molar-refractivity contribution in [2.75, 3.05) is 7.11 Å². The zero-order valence-corrected chi connectivity index (χ0v) is 13.2. The third-order valence-electron chi connectivity index (χ3n) is 3.65. The largest absolute Gasteiger partial charge is 0.494 e. The predicted molar refractivity (Wildman–Crippen MR) is 84.7 cm³/mol. The van der Waals surface area contributed by atoms with Crippen LogP contribution in [0, 0.1) is 19.7 Å². The number of rotatable bonds is 4. The number of ether oxygens (including phenoxy) is 1. The monoisotopic (exact) mass is 301 g/mol. The zero-order valence-electron chi connectivity index (χ0n) is 13.2. The van der Waals surface area contributed by atoms with Gasteiger partial charge in [-0.1, -0.05) is 23.8 Å². The van der Waals surface area contributed by atoms with Gasteiger partial charge in [0, 0.05) is 5.56 Å². The Hall–Kier alpha value is -2.36. The van der Waals surface area contributed by atoms with E-state index in [1.165, 1.54) is 24.8 Å². The molecule has 0 fully saturated rings. The number of halogens is 1. The van der Waals surface area contributed by atoms with Crippen molar-refractivity contribution in [3.05, 3.63) is 64.5 Å². The van der Waals surface area contributed by atoms with Crippen LogP contribution in [0.3, 0.4) is 0 Å². The van der Waals surface area contributed by atoms with Gasteiger partial charge in [0.25, 0.3) is 5.91 Å². The SMILES string of the molecule is COc1ccc(C(=O)N[C@H](C)c2ccc(C)cc2C)cc1F. The molecule has 3 nitrogen and oxygen atoms in total. The summed E-state index contributed by atoms with van der Waals surface area (Å²) in [7, 11) is 1.39. The van der Waals surface area contributed by atoms with Gasteiger partial charge in [-0.05, 0) is 50.1 Å². The van der Waals surface area contributed by atoms with Crippen LogP contribution < -0.4 is 10.1 Å². The van der Waals surface area contributed by atoms with Crippen molar-refractivity contribution < 1.29 is 13.9 Å². The van der Waals surface area contributed by atoms with Crippen LogP contribution in [-0.4, -0.2) is 13.0 Å². The average Bonchev–Trinajstić information content (AvgIpc) is 2.46. The van der Waals surface area contributed by atoms with Crippen LogP contribution in [0.4, 0.5) is 4.39 Å². The van der Waals surface area contributed by atoms with E-state index in [2.05, 4.69) is 11.4 Å². The fourth-order valence-electron chi connectivity index (χ4n) is 2.48. The molecule has 2 aromatic carbocycles. The van der Waals surface area contributed by atoms with Gasteiger partial charge >= 0.3 is 0 Å². The quantitative estimate of drug-likeness (QED) is 0.929. The van der Waals surface area contributed by atoms with Gasteiger partial charge in [-0.15, -0.1) is 0 Å². The smallest absolute Gasteiger partial charge is 0.251 e. The molecule has 116 valence electrons. The lowest BCUT2D eigenvalue weighted by Crippen LogP contribution is -2.27. The Labute approximate surface area is 130 Å². The van der Waals surface area contributed by atoms with E-state index in [0.717, 1.165) is 11.1 Å². The first kappa shape index (κ1) is 16.0. The summed E-state index contributed by atoms with van der Waals surface area (Å²) in [5.74, 6) is -0.734. The molecule has 0 aromatic heterocycles. The van der Waals surface area contributed by atoms with Gasteiger partial charge in [-0.3, -0.25) is 4.79 Å². The Kier molecular flexibility index (Phi) is 4.81. The molecule has 2 rings (SSSR count). The van der Waals surface area contributed by atoms with Gasteiger partial charge in [0.2, 0.25) is 0 Å². The fraction of sp³-hybridized carbons (Fsp3) is 0.278. The van der Waals surface area contributed by atoms with Gasteiger partial charge in [0.1, 0.15) is 0 Å². The predicted octanol–water partition coefficient (Wildman–Crippen LogP) is 3.94. The minimum Gasteiger partial charge on any atom is -0.494 e. The van der Waals surface area contributed by atoms with E-state index in [9.17, 15) is 9.18 Å². The van der Waals surface area contributed by atoms with E-state index < -0.39 is 5.82 Å². The summed E-state index contributed by atoms with van der Waals surface area (Å²) < 4.78 is 18.5. The highest BCUT2D eigenvalue weighted by Gasteiger charge is 2.15. The Morgan fingerprint density at radius 3 is 2.50 bits per heavy atom. The fourth-order valence-corrected chi connectivity index (χ4v) is 2.48. The lowest BCUT2D eigenvalue weighted by molar-refractivity contribution is 0.0939. The van der Waals surface area contributed by atoms with Crippen LogP contribution in [0.5, 0.6) is 5.75 Å². The van der Waals surface area contributed by atoms with Gasteiger partial charge in [0.15, 0.2) is 11.6 Å². The zero-order chi connectivity index (χ0) is 16.3. The number of carbonyl (C=O) groups excluding carboxylic acids is 1. The molecule has 4 heteroatoms. The van der Waals surface area contributed by atoms with Crippen molar-refractivity contribution in [3.63, 3.8) is 0 Å². The van der Waals surface area contributed by atoms with Crippen molar-refractivity contribution in [3.8, 4) is 5.75 Å². The highest BCUT2D eigenvalue weighted by atomic mass is 19.1. The first-order valence-electron chi connectivity index (χ1n) is 7.14. The third-order valence-corrected chi connectivity index (χ3v) is 3.65. The summed E-state index contributed by atoms with van der Waals surface area (Å²) in [6.45, 7) is 5.95. The van der Waals surface area contributed by atoms with E-state index in [-0.39, 0.29) is 23.3 Å². The molecule has 0 radical (unpaired) electrons. The maximum atomic E-state index is 13.7. The van der Waals surface area contributed by atoms with Crippen LogP contribution >= 0.6 is 0 Å². The maximum Gasteiger partial charge on any atom is 0.251 e. The molecule has 0 saturated carbocycles. The molecular weight excluding hydrogens is 281 g/mol. The highest BCUT2D eigenvalue weighted by molar-refractivity contribution is 5.94. The molecule has 1 amide bonds. The van der Waals surface area contributed by atoms with Crippen molar-refractivity contribution in [2.24, 2.45) is 0 Å². The minimum absolute atomic E-state index is 0.124. The maximum absolute atomic E-state index is 13.7. The van der Waals surface area contributed by atoms with Gasteiger partial charge in [-0.2, -0.15) is 0 Å². The lowest BCUT2D eigenvalue weighted by atomic mass is 10.00. The Morgan fingerprint density at radius 2 is 1.91 bits per heavy atom. The number of amides is 1. The van der Waals surface area contributed by atoms with Crippen molar-refractivity contribution in [1.82, 2.24) is 5.32 Å². The molecule has 1 atom stereocenters. The van der Waals surface area contributed by atoms with Crippen LogP contribution in [0.15, 0.2) is 36.4 Å². The summed E-state index contributed by atoms with van der Waals surface area (Å²) in [6, 6.07) is 10.1. The van der Waals surface area contributed by atoms with E-state index in [4.69, 9.17) is 4.74 Å². The van der Waals surface area contributed by atoms with E-state index >= 15 is 0 Å². The van der Waals surface area contributed by atoms with Crippen LogP contribution in [0.25, 0.3) is 0 Å². The summed E-state index contributed by atoms with van der Waals surface area (Å²) in [4.78, 5) is 12.2. The second-order valence-electron chi connectivity index (χ2n) is 5.40. The minimum atomic E-state index is -0.547. The number of carbonyl (C=O) groups is 1. The van der Waals surface area contributed by atoms with E-state index in [0.29, 0.717) is 0 Å². The number of methoxy groups -OCH3 is 1. The number of aryl methyl sites for hydroxylation is 2.